The number of nitrogens with zero attached hydrogens (tertiary/aromatic N) is 2. The van der Waals surface area contributed by atoms with Crippen LogP contribution >= 0.6 is 0 Å². The molecule has 2 rings (SSSR count). The van der Waals surface area contributed by atoms with E-state index in [1.807, 2.05) is 6.07 Å². The molecule has 76 valence electrons. The quantitative estimate of drug-likeness (QED) is 0.757. The summed E-state index contributed by atoms with van der Waals surface area (Å²) in [4.78, 5) is 8.23. The van der Waals surface area contributed by atoms with Crippen molar-refractivity contribution in [3.8, 4) is 0 Å². The molecular formula is C10H16N4. The van der Waals surface area contributed by atoms with E-state index in [1.165, 1.54) is 25.7 Å². The molecule has 0 radical (unpaired) electrons. The van der Waals surface area contributed by atoms with E-state index < -0.39 is 0 Å². The SMILES string of the molecule is NCc1cc(NC2CCCC2)ncn1. The van der Waals surface area contributed by atoms with Gasteiger partial charge in [-0.25, -0.2) is 9.97 Å². The van der Waals surface area contributed by atoms with Crippen molar-refractivity contribution in [2.24, 2.45) is 5.73 Å². The lowest BCUT2D eigenvalue weighted by atomic mass is 10.2. The van der Waals surface area contributed by atoms with E-state index in [-0.39, 0.29) is 0 Å². The Morgan fingerprint density at radius 1 is 1.36 bits per heavy atom. The number of nitrogens with two attached hydrogens (primary N) is 1. The van der Waals surface area contributed by atoms with E-state index in [1.54, 1.807) is 6.33 Å². The third-order valence-electron chi connectivity index (χ3n) is 2.64. The smallest absolute Gasteiger partial charge is 0.129 e. The van der Waals surface area contributed by atoms with Gasteiger partial charge in [-0.2, -0.15) is 0 Å². The van der Waals surface area contributed by atoms with Crippen LogP contribution in [0.1, 0.15) is 31.4 Å². The fraction of sp³-hybridized carbons (Fsp3) is 0.600. The highest BCUT2D eigenvalue weighted by Crippen LogP contribution is 2.21. The molecule has 14 heavy (non-hydrogen) atoms. The van der Waals surface area contributed by atoms with Crippen LogP contribution in [0.2, 0.25) is 0 Å². The zero-order valence-corrected chi connectivity index (χ0v) is 8.24. The molecule has 4 nitrogen and oxygen atoms in total. The van der Waals surface area contributed by atoms with Gasteiger partial charge in [-0.1, -0.05) is 12.8 Å². The van der Waals surface area contributed by atoms with Crippen LogP contribution in [0.4, 0.5) is 5.82 Å². The van der Waals surface area contributed by atoms with E-state index in [4.69, 9.17) is 5.73 Å². The molecule has 1 aromatic heterocycles. The largest absolute Gasteiger partial charge is 0.367 e. The van der Waals surface area contributed by atoms with E-state index in [0.717, 1.165) is 11.5 Å². The molecule has 0 saturated heterocycles. The first-order chi connectivity index (χ1) is 6.88. The fourth-order valence-electron chi connectivity index (χ4n) is 1.87. The maximum Gasteiger partial charge on any atom is 0.129 e. The summed E-state index contributed by atoms with van der Waals surface area (Å²) in [5.41, 5.74) is 6.40. The third kappa shape index (κ3) is 2.20. The summed E-state index contributed by atoms with van der Waals surface area (Å²) in [6.45, 7) is 0.474. The van der Waals surface area contributed by atoms with Crippen LogP contribution in [0.25, 0.3) is 0 Å². The molecule has 0 unspecified atom stereocenters. The van der Waals surface area contributed by atoms with Gasteiger partial charge >= 0.3 is 0 Å². The van der Waals surface area contributed by atoms with Gasteiger partial charge in [0.15, 0.2) is 0 Å². The van der Waals surface area contributed by atoms with Crippen molar-refractivity contribution in [3.05, 3.63) is 18.1 Å². The maximum atomic E-state index is 5.51. The predicted octanol–water partition coefficient (Wildman–Crippen LogP) is 1.29. The summed E-state index contributed by atoms with van der Waals surface area (Å²) in [5, 5.41) is 3.41. The molecule has 1 heterocycles. The lowest BCUT2D eigenvalue weighted by Gasteiger charge is -2.12. The maximum absolute atomic E-state index is 5.51. The number of nitrogens with one attached hydrogen (secondary N) is 1. The number of anilines is 1. The van der Waals surface area contributed by atoms with Crippen molar-refractivity contribution in [2.75, 3.05) is 5.32 Å². The molecule has 1 saturated carbocycles. The number of rotatable bonds is 3. The Bertz CT molecular complexity index is 294. The van der Waals surface area contributed by atoms with Gasteiger partial charge in [0.05, 0.1) is 5.69 Å². The van der Waals surface area contributed by atoms with Gasteiger partial charge in [0, 0.05) is 18.7 Å². The third-order valence-corrected chi connectivity index (χ3v) is 2.64. The van der Waals surface area contributed by atoms with Crippen LogP contribution in [0.15, 0.2) is 12.4 Å². The Balaban J connectivity index is 2.00. The first-order valence-electron chi connectivity index (χ1n) is 5.16. The Hall–Kier alpha value is -1.16. The molecule has 0 aliphatic heterocycles. The predicted molar refractivity (Wildman–Crippen MR) is 55.8 cm³/mol. The van der Waals surface area contributed by atoms with Gasteiger partial charge in [0.2, 0.25) is 0 Å². The second-order valence-electron chi connectivity index (χ2n) is 3.72. The minimum Gasteiger partial charge on any atom is -0.367 e. The minimum atomic E-state index is 0.474. The van der Waals surface area contributed by atoms with E-state index in [2.05, 4.69) is 15.3 Å². The molecule has 0 amide bonds. The van der Waals surface area contributed by atoms with Crippen molar-refractivity contribution in [2.45, 2.75) is 38.3 Å². The summed E-state index contributed by atoms with van der Waals surface area (Å²) in [6.07, 6.45) is 6.72. The first-order valence-corrected chi connectivity index (χ1v) is 5.16. The second kappa shape index (κ2) is 4.37. The monoisotopic (exact) mass is 192 g/mol. The van der Waals surface area contributed by atoms with Crippen molar-refractivity contribution in [1.29, 1.82) is 0 Å². The average Bonchev–Trinajstić information content (AvgIpc) is 2.71. The Labute approximate surface area is 83.9 Å². The van der Waals surface area contributed by atoms with Gasteiger partial charge in [-0.05, 0) is 12.8 Å². The average molecular weight is 192 g/mol. The molecule has 0 aromatic carbocycles. The Kier molecular flexibility index (Phi) is 2.93. The van der Waals surface area contributed by atoms with Crippen LogP contribution in [0.5, 0.6) is 0 Å². The molecule has 0 atom stereocenters. The second-order valence-corrected chi connectivity index (χ2v) is 3.72. The Morgan fingerprint density at radius 3 is 2.86 bits per heavy atom. The number of hydrogen-bond acceptors (Lipinski definition) is 4. The number of hydrogen-bond donors (Lipinski definition) is 2. The highest BCUT2D eigenvalue weighted by Gasteiger charge is 2.14. The van der Waals surface area contributed by atoms with E-state index in [0.29, 0.717) is 12.6 Å². The summed E-state index contributed by atoms with van der Waals surface area (Å²) >= 11 is 0. The summed E-state index contributed by atoms with van der Waals surface area (Å²) < 4.78 is 0. The molecular weight excluding hydrogens is 176 g/mol. The summed E-state index contributed by atoms with van der Waals surface area (Å²) in [6, 6.07) is 2.52. The van der Waals surface area contributed by atoms with Crippen molar-refractivity contribution in [1.82, 2.24) is 9.97 Å². The molecule has 1 aliphatic rings. The summed E-state index contributed by atoms with van der Waals surface area (Å²) in [7, 11) is 0. The summed E-state index contributed by atoms with van der Waals surface area (Å²) in [5.74, 6) is 0.910. The van der Waals surface area contributed by atoms with Crippen molar-refractivity contribution < 1.29 is 0 Å². The topological polar surface area (TPSA) is 63.8 Å². The van der Waals surface area contributed by atoms with Gasteiger partial charge < -0.3 is 11.1 Å². The van der Waals surface area contributed by atoms with Crippen LogP contribution < -0.4 is 11.1 Å². The van der Waals surface area contributed by atoms with Gasteiger partial charge in [-0.3, -0.25) is 0 Å². The van der Waals surface area contributed by atoms with Crippen LogP contribution in [0.3, 0.4) is 0 Å². The highest BCUT2D eigenvalue weighted by atomic mass is 15.0. The zero-order chi connectivity index (χ0) is 9.80. The number of aromatic nitrogens is 2. The molecule has 1 aromatic rings. The fourth-order valence-corrected chi connectivity index (χ4v) is 1.87. The van der Waals surface area contributed by atoms with Gasteiger partial charge in [0.1, 0.15) is 12.1 Å². The normalized spacial score (nSPS) is 17.2. The van der Waals surface area contributed by atoms with E-state index in [9.17, 15) is 0 Å². The molecule has 1 aliphatic carbocycles. The van der Waals surface area contributed by atoms with Crippen molar-refractivity contribution >= 4 is 5.82 Å². The van der Waals surface area contributed by atoms with E-state index >= 15 is 0 Å². The van der Waals surface area contributed by atoms with Crippen LogP contribution in [-0.4, -0.2) is 16.0 Å². The molecule has 0 bridgehead atoms. The standard InChI is InChI=1S/C10H16N4/c11-6-9-5-10(13-7-12-9)14-8-3-1-2-4-8/h5,7-8H,1-4,6,11H2,(H,12,13,14). The van der Waals surface area contributed by atoms with Gasteiger partial charge in [0.25, 0.3) is 0 Å². The van der Waals surface area contributed by atoms with Crippen LogP contribution in [-0.2, 0) is 6.54 Å². The zero-order valence-electron chi connectivity index (χ0n) is 8.24. The molecule has 0 spiro atoms. The molecule has 3 N–H and O–H groups in total. The highest BCUT2D eigenvalue weighted by molar-refractivity contribution is 5.36. The van der Waals surface area contributed by atoms with Crippen molar-refractivity contribution in [3.63, 3.8) is 0 Å². The molecule has 4 heteroatoms. The Morgan fingerprint density at radius 2 is 2.14 bits per heavy atom. The first kappa shape index (κ1) is 9.40. The van der Waals surface area contributed by atoms with Crippen LogP contribution in [0, 0.1) is 0 Å². The molecule has 1 fully saturated rings. The lowest BCUT2D eigenvalue weighted by Crippen LogP contribution is -2.16. The minimum absolute atomic E-state index is 0.474. The lowest BCUT2D eigenvalue weighted by molar-refractivity contribution is 0.748. The van der Waals surface area contributed by atoms with Gasteiger partial charge in [-0.15, -0.1) is 0 Å².